The Labute approximate surface area is 178 Å². The lowest BCUT2D eigenvalue weighted by atomic mass is 9.87. The van der Waals surface area contributed by atoms with E-state index in [4.69, 9.17) is 4.74 Å². The van der Waals surface area contributed by atoms with Crippen molar-refractivity contribution in [2.75, 3.05) is 6.61 Å². The summed E-state index contributed by atoms with van der Waals surface area (Å²) in [6, 6.07) is 30.3. The predicted molar refractivity (Wildman–Crippen MR) is 121 cm³/mol. The molecule has 0 aromatic heterocycles. The summed E-state index contributed by atoms with van der Waals surface area (Å²) in [5, 5.41) is 0. The molecule has 3 nitrogen and oxygen atoms in total. The molecule has 0 heterocycles. The maximum absolute atomic E-state index is 12.8. The number of rotatable bonds is 9. The van der Waals surface area contributed by atoms with Crippen LogP contribution in [0.3, 0.4) is 0 Å². The van der Waals surface area contributed by atoms with Gasteiger partial charge in [-0.15, -0.1) is 0 Å². The van der Waals surface area contributed by atoms with Crippen LogP contribution in [0.15, 0.2) is 91.0 Å². The summed E-state index contributed by atoms with van der Waals surface area (Å²) in [7, 11) is 0. The minimum atomic E-state index is -0.473. The molecule has 0 N–H and O–H groups in total. The van der Waals surface area contributed by atoms with Crippen molar-refractivity contribution in [3.63, 3.8) is 0 Å². The quantitative estimate of drug-likeness (QED) is 0.262. The van der Waals surface area contributed by atoms with Gasteiger partial charge in [0, 0.05) is 6.42 Å². The Bertz CT molecular complexity index is 990. The summed E-state index contributed by atoms with van der Waals surface area (Å²) in [6.07, 6.45) is 0.666. The van der Waals surface area contributed by atoms with Crippen LogP contribution in [0.4, 0.5) is 0 Å². The Hall–Kier alpha value is -3.46. The second-order valence-electron chi connectivity index (χ2n) is 7.05. The molecule has 0 unspecified atom stereocenters. The molecular formula is C27H26O3. The van der Waals surface area contributed by atoms with Gasteiger partial charge in [0.1, 0.15) is 12.2 Å². The Kier molecular flexibility index (Phi) is 7.73. The number of ether oxygens (including phenoxy) is 1. The predicted octanol–water partition coefficient (Wildman–Crippen LogP) is 5.75. The molecule has 0 radical (unpaired) electrons. The van der Waals surface area contributed by atoms with E-state index in [1.165, 1.54) is 5.56 Å². The maximum Gasteiger partial charge on any atom is 0.313 e. The number of Topliss-reactive ketones (excluding diaryl/α,β-unsaturated/α-hetero) is 1. The molecule has 3 aromatic rings. The topological polar surface area (TPSA) is 43.4 Å². The highest BCUT2D eigenvalue weighted by molar-refractivity contribution is 6.05. The average Bonchev–Trinajstić information content (AvgIpc) is 2.78. The molecule has 0 saturated carbocycles. The second-order valence-corrected chi connectivity index (χ2v) is 7.05. The van der Waals surface area contributed by atoms with E-state index in [-0.39, 0.29) is 25.2 Å². The monoisotopic (exact) mass is 398 g/mol. The van der Waals surface area contributed by atoms with Crippen molar-refractivity contribution in [1.29, 1.82) is 0 Å². The molecule has 152 valence electrons. The third-order valence-electron chi connectivity index (χ3n) is 4.85. The molecule has 0 saturated heterocycles. The highest BCUT2D eigenvalue weighted by Crippen LogP contribution is 2.32. The number of benzene rings is 3. The molecule has 0 amide bonds. The molecule has 0 bridgehead atoms. The van der Waals surface area contributed by atoms with Crippen LogP contribution in [-0.4, -0.2) is 18.4 Å². The number of ketones is 1. The van der Waals surface area contributed by atoms with Gasteiger partial charge in [0.15, 0.2) is 0 Å². The summed E-state index contributed by atoms with van der Waals surface area (Å²) >= 11 is 0. The number of hydrogen-bond donors (Lipinski definition) is 0. The molecule has 0 aliphatic rings. The largest absolute Gasteiger partial charge is 0.466 e. The minimum absolute atomic E-state index is 0.145. The SMILES string of the molecule is CCOC(=O)CC(=O)C/C(=C(\Cc1ccccc1)c1ccccc1)c1ccccc1. The first-order chi connectivity index (χ1) is 14.7. The van der Waals surface area contributed by atoms with Crippen molar-refractivity contribution in [2.45, 2.75) is 26.2 Å². The van der Waals surface area contributed by atoms with E-state index < -0.39 is 5.97 Å². The number of carbonyl (C=O) groups is 2. The molecular weight excluding hydrogens is 372 g/mol. The van der Waals surface area contributed by atoms with E-state index in [0.29, 0.717) is 6.42 Å². The highest BCUT2D eigenvalue weighted by atomic mass is 16.5. The summed E-state index contributed by atoms with van der Waals surface area (Å²) in [5.41, 5.74) is 5.27. The van der Waals surface area contributed by atoms with E-state index in [9.17, 15) is 9.59 Å². The highest BCUT2D eigenvalue weighted by Gasteiger charge is 2.18. The van der Waals surface area contributed by atoms with Gasteiger partial charge in [-0.3, -0.25) is 9.59 Å². The fourth-order valence-electron chi connectivity index (χ4n) is 3.48. The summed E-state index contributed by atoms with van der Waals surface area (Å²) in [4.78, 5) is 24.6. The first kappa shape index (κ1) is 21.3. The molecule has 0 aliphatic heterocycles. The molecule has 30 heavy (non-hydrogen) atoms. The van der Waals surface area contributed by atoms with Crippen molar-refractivity contribution in [1.82, 2.24) is 0 Å². The van der Waals surface area contributed by atoms with Gasteiger partial charge in [-0.25, -0.2) is 0 Å². The zero-order valence-electron chi connectivity index (χ0n) is 17.2. The first-order valence-corrected chi connectivity index (χ1v) is 10.2. The zero-order valence-corrected chi connectivity index (χ0v) is 17.2. The normalized spacial score (nSPS) is 11.5. The van der Waals surface area contributed by atoms with E-state index in [2.05, 4.69) is 24.3 Å². The van der Waals surface area contributed by atoms with Crippen LogP contribution in [0.1, 0.15) is 36.5 Å². The number of carbonyl (C=O) groups excluding carboxylic acids is 2. The van der Waals surface area contributed by atoms with Gasteiger partial charge in [0.05, 0.1) is 6.61 Å². The lowest BCUT2D eigenvalue weighted by molar-refractivity contribution is -0.145. The van der Waals surface area contributed by atoms with Crippen molar-refractivity contribution >= 4 is 22.9 Å². The summed E-state index contributed by atoms with van der Waals surface area (Å²) < 4.78 is 4.96. The van der Waals surface area contributed by atoms with Crippen molar-refractivity contribution in [3.05, 3.63) is 108 Å². The van der Waals surface area contributed by atoms with Crippen LogP contribution in [0.2, 0.25) is 0 Å². The Morgan fingerprint density at radius 3 is 1.70 bits per heavy atom. The van der Waals surface area contributed by atoms with Gasteiger partial charge < -0.3 is 4.74 Å². The van der Waals surface area contributed by atoms with Crippen LogP contribution >= 0.6 is 0 Å². The average molecular weight is 399 g/mol. The molecule has 0 spiro atoms. The van der Waals surface area contributed by atoms with Gasteiger partial charge in [0.25, 0.3) is 0 Å². The van der Waals surface area contributed by atoms with Gasteiger partial charge in [0.2, 0.25) is 0 Å². The number of esters is 1. The van der Waals surface area contributed by atoms with E-state index in [0.717, 1.165) is 22.3 Å². The summed E-state index contributed by atoms with van der Waals surface area (Å²) in [5.74, 6) is -0.618. The fraction of sp³-hybridized carbons (Fsp3) is 0.185. The Morgan fingerprint density at radius 1 is 0.667 bits per heavy atom. The van der Waals surface area contributed by atoms with Crippen LogP contribution < -0.4 is 0 Å². The van der Waals surface area contributed by atoms with Gasteiger partial charge in [-0.05, 0) is 41.2 Å². The van der Waals surface area contributed by atoms with Crippen molar-refractivity contribution in [3.8, 4) is 0 Å². The van der Waals surface area contributed by atoms with Crippen LogP contribution in [0, 0.1) is 0 Å². The van der Waals surface area contributed by atoms with E-state index in [1.807, 2.05) is 66.7 Å². The van der Waals surface area contributed by atoms with E-state index in [1.54, 1.807) is 6.92 Å². The third-order valence-corrected chi connectivity index (χ3v) is 4.85. The summed E-state index contributed by atoms with van der Waals surface area (Å²) in [6.45, 7) is 2.02. The molecule has 0 atom stereocenters. The lowest BCUT2D eigenvalue weighted by Gasteiger charge is -2.17. The Balaban J connectivity index is 2.06. The standard InChI is InChI=1S/C27H26O3/c1-2-30-27(29)20-24(28)19-26(23-16-10-5-11-17-23)25(22-14-8-4-9-15-22)18-21-12-6-3-7-13-21/h3-17H,2,18-20H2,1H3/b26-25-. The molecule has 3 heteroatoms. The van der Waals surface area contributed by atoms with Crippen LogP contribution in [0.25, 0.3) is 11.1 Å². The second kappa shape index (κ2) is 10.9. The maximum atomic E-state index is 12.8. The lowest BCUT2D eigenvalue weighted by Crippen LogP contribution is -2.12. The number of allylic oxidation sites excluding steroid dienone is 2. The van der Waals surface area contributed by atoms with Crippen LogP contribution in [0.5, 0.6) is 0 Å². The van der Waals surface area contributed by atoms with Crippen molar-refractivity contribution < 1.29 is 14.3 Å². The van der Waals surface area contributed by atoms with Gasteiger partial charge in [-0.2, -0.15) is 0 Å². The van der Waals surface area contributed by atoms with Crippen molar-refractivity contribution in [2.24, 2.45) is 0 Å². The molecule has 3 rings (SSSR count). The zero-order chi connectivity index (χ0) is 21.2. The molecule has 3 aromatic carbocycles. The molecule has 0 fully saturated rings. The minimum Gasteiger partial charge on any atom is -0.466 e. The fourth-order valence-corrected chi connectivity index (χ4v) is 3.48. The smallest absolute Gasteiger partial charge is 0.313 e. The van der Waals surface area contributed by atoms with Crippen LogP contribution in [-0.2, 0) is 20.7 Å². The Morgan fingerprint density at radius 2 is 1.17 bits per heavy atom. The van der Waals surface area contributed by atoms with E-state index >= 15 is 0 Å². The number of hydrogen-bond acceptors (Lipinski definition) is 3. The third kappa shape index (κ3) is 6.02. The van der Waals surface area contributed by atoms with Gasteiger partial charge in [-0.1, -0.05) is 91.0 Å². The van der Waals surface area contributed by atoms with Gasteiger partial charge >= 0.3 is 5.97 Å². The first-order valence-electron chi connectivity index (χ1n) is 10.2. The molecule has 0 aliphatic carbocycles.